The monoisotopic (exact) mass is 378 g/mol. The molecule has 1 amide bonds. The number of fused-ring (bicyclic) bond motifs is 1. The van der Waals surface area contributed by atoms with Crippen LogP contribution in [0.5, 0.6) is 11.5 Å². The molecule has 0 saturated carbocycles. The topological polar surface area (TPSA) is 60.5 Å². The number of aromatic nitrogens is 1. The van der Waals surface area contributed by atoms with E-state index >= 15 is 0 Å². The number of hydrogen-bond donors (Lipinski definition) is 1. The number of aryl methyl sites for hydroxylation is 1. The molecule has 0 fully saturated rings. The first kappa shape index (κ1) is 19.7. The van der Waals surface area contributed by atoms with E-state index in [0.29, 0.717) is 22.9 Å². The Labute approximate surface area is 165 Å². The van der Waals surface area contributed by atoms with E-state index in [1.807, 2.05) is 31.2 Å². The summed E-state index contributed by atoms with van der Waals surface area (Å²) >= 11 is 0. The SMILES string of the molecule is COc1ccc(NC(=O)[C@H](C)Oc2cc(C)ccc2C(C)C)c2cccnc12. The molecule has 0 radical (unpaired) electrons. The molecule has 0 aliphatic rings. The van der Waals surface area contributed by atoms with Crippen LogP contribution in [0.4, 0.5) is 5.69 Å². The quantitative estimate of drug-likeness (QED) is 0.650. The molecular formula is C23H26N2O3. The summed E-state index contributed by atoms with van der Waals surface area (Å²) in [5.74, 6) is 1.51. The summed E-state index contributed by atoms with van der Waals surface area (Å²) in [6.07, 6.45) is 1.06. The minimum atomic E-state index is -0.645. The van der Waals surface area contributed by atoms with Crippen molar-refractivity contribution >= 4 is 22.5 Å². The number of hydrogen-bond acceptors (Lipinski definition) is 4. The number of methoxy groups -OCH3 is 1. The van der Waals surface area contributed by atoms with Crippen molar-refractivity contribution in [1.82, 2.24) is 4.98 Å². The highest BCUT2D eigenvalue weighted by molar-refractivity contribution is 6.04. The molecule has 0 aliphatic carbocycles. The molecule has 0 spiro atoms. The predicted molar refractivity (Wildman–Crippen MR) is 112 cm³/mol. The molecule has 1 heterocycles. The number of carbonyl (C=O) groups excluding carboxylic acids is 1. The third-order valence-corrected chi connectivity index (χ3v) is 4.67. The normalized spacial score (nSPS) is 12.1. The van der Waals surface area contributed by atoms with Crippen LogP contribution in [0.15, 0.2) is 48.7 Å². The number of pyridine rings is 1. The van der Waals surface area contributed by atoms with Gasteiger partial charge >= 0.3 is 0 Å². The number of rotatable bonds is 6. The second-order valence-corrected chi connectivity index (χ2v) is 7.16. The molecule has 3 aromatic rings. The van der Waals surface area contributed by atoms with Gasteiger partial charge in [-0.1, -0.05) is 26.0 Å². The van der Waals surface area contributed by atoms with E-state index in [2.05, 4.69) is 36.3 Å². The molecule has 28 heavy (non-hydrogen) atoms. The number of carbonyl (C=O) groups is 1. The Bertz CT molecular complexity index is 998. The van der Waals surface area contributed by atoms with Crippen molar-refractivity contribution in [3.05, 3.63) is 59.8 Å². The average Bonchev–Trinajstić information content (AvgIpc) is 2.68. The summed E-state index contributed by atoms with van der Waals surface area (Å²) in [6.45, 7) is 7.99. The van der Waals surface area contributed by atoms with Gasteiger partial charge in [0.2, 0.25) is 0 Å². The summed E-state index contributed by atoms with van der Waals surface area (Å²) in [5, 5.41) is 3.78. The summed E-state index contributed by atoms with van der Waals surface area (Å²) in [6, 6.07) is 13.5. The van der Waals surface area contributed by atoms with Gasteiger partial charge in [0.1, 0.15) is 17.0 Å². The van der Waals surface area contributed by atoms with Gasteiger partial charge in [-0.25, -0.2) is 0 Å². The smallest absolute Gasteiger partial charge is 0.265 e. The van der Waals surface area contributed by atoms with Crippen LogP contribution in [0, 0.1) is 6.92 Å². The number of benzene rings is 2. The summed E-state index contributed by atoms with van der Waals surface area (Å²) < 4.78 is 11.4. The van der Waals surface area contributed by atoms with Crippen LogP contribution in [0.2, 0.25) is 0 Å². The average molecular weight is 378 g/mol. The van der Waals surface area contributed by atoms with Crippen LogP contribution >= 0.6 is 0 Å². The van der Waals surface area contributed by atoms with Crippen molar-refractivity contribution in [3.8, 4) is 11.5 Å². The fourth-order valence-corrected chi connectivity index (χ4v) is 3.12. The molecular weight excluding hydrogens is 352 g/mol. The zero-order valence-corrected chi connectivity index (χ0v) is 16.9. The van der Waals surface area contributed by atoms with Gasteiger partial charge in [0.15, 0.2) is 6.10 Å². The Morgan fingerprint density at radius 1 is 1.07 bits per heavy atom. The summed E-state index contributed by atoms with van der Waals surface area (Å²) in [5.41, 5.74) is 3.57. The van der Waals surface area contributed by atoms with Gasteiger partial charge in [0.05, 0.1) is 12.8 Å². The molecule has 0 unspecified atom stereocenters. The lowest BCUT2D eigenvalue weighted by Gasteiger charge is -2.20. The van der Waals surface area contributed by atoms with E-state index in [1.54, 1.807) is 26.3 Å². The Morgan fingerprint density at radius 3 is 2.57 bits per heavy atom. The van der Waals surface area contributed by atoms with E-state index in [1.165, 1.54) is 0 Å². The molecule has 2 aromatic carbocycles. The molecule has 3 rings (SSSR count). The molecule has 1 N–H and O–H groups in total. The molecule has 0 aliphatic heterocycles. The number of ether oxygens (including phenoxy) is 2. The Kier molecular flexibility index (Phi) is 5.83. The van der Waals surface area contributed by atoms with Crippen LogP contribution in [0.3, 0.4) is 0 Å². The molecule has 1 aromatic heterocycles. The van der Waals surface area contributed by atoms with Crippen LogP contribution in [0.25, 0.3) is 10.9 Å². The fraction of sp³-hybridized carbons (Fsp3) is 0.304. The second kappa shape index (κ2) is 8.30. The van der Waals surface area contributed by atoms with Gasteiger partial charge < -0.3 is 14.8 Å². The molecule has 0 bridgehead atoms. The summed E-state index contributed by atoms with van der Waals surface area (Å²) in [7, 11) is 1.60. The maximum atomic E-state index is 12.8. The minimum absolute atomic E-state index is 0.216. The van der Waals surface area contributed by atoms with Crippen LogP contribution < -0.4 is 14.8 Å². The van der Waals surface area contributed by atoms with Crippen LogP contribution in [-0.2, 0) is 4.79 Å². The molecule has 0 saturated heterocycles. The Hall–Kier alpha value is -3.08. The van der Waals surface area contributed by atoms with Crippen molar-refractivity contribution in [1.29, 1.82) is 0 Å². The Balaban J connectivity index is 1.83. The first-order valence-corrected chi connectivity index (χ1v) is 9.40. The first-order valence-electron chi connectivity index (χ1n) is 9.40. The number of amides is 1. The molecule has 5 nitrogen and oxygen atoms in total. The van der Waals surface area contributed by atoms with E-state index in [9.17, 15) is 4.79 Å². The zero-order valence-electron chi connectivity index (χ0n) is 16.9. The van der Waals surface area contributed by atoms with Crippen molar-refractivity contribution in [3.63, 3.8) is 0 Å². The predicted octanol–water partition coefficient (Wildman–Crippen LogP) is 5.08. The summed E-state index contributed by atoms with van der Waals surface area (Å²) in [4.78, 5) is 17.2. The van der Waals surface area contributed by atoms with Gasteiger partial charge in [-0.05, 0) is 61.2 Å². The van der Waals surface area contributed by atoms with Crippen molar-refractivity contribution in [2.45, 2.75) is 39.7 Å². The maximum absolute atomic E-state index is 12.8. The lowest BCUT2D eigenvalue weighted by Crippen LogP contribution is -2.30. The van der Waals surface area contributed by atoms with Crippen molar-refractivity contribution in [2.75, 3.05) is 12.4 Å². The van der Waals surface area contributed by atoms with Crippen molar-refractivity contribution in [2.24, 2.45) is 0 Å². The van der Waals surface area contributed by atoms with Gasteiger partial charge in [-0.3, -0.25) is 9.78 Å². The van der Waals surface area contributed by atoms with E-state index in [4.69, 9.17) is 9.47 Å². The van der Waals surface area contributed by atoms with Crippen LogP contribution in [0.1, 0.15) is 37.8 Å². The minimum Gasteiger partial charge on any atom is -0.494 e. The standard InChI is InChI=1S/C23H26N2O3/c1-14(2)17-9-8-15(3)13-21(17)28-16(4)23(26)25-19-10-11-20(27-5)22-18(19)7-6-12-24-22/h6-14,16H,1-5H3,(H,25,26)/t16-/m0/s1. The van der Waals surface area contributed by atoms with Crippen molar-refractivity contribution < 1.29 is 14.3 Å². The number of anilines is 1. The fourth-order valence-electron chi connectivity index (χ4n) is 3.12. The molecule has 146 valence electrons. The second-order valence-electron chi connectivity index (χ2n) is 7.16. The third kappa shape index (κ3) is 4.09. The third-order valence-electron chi connectivity index (χ3n) is 4.67. The van der Waals surface area contributed by atoms with Gasteiger partial charge in [-0.2, -0.15) is 0 Å². The van der Waals surface area contributed by atoms with E-state index in [0.717, 1.165) is 22.3 Å². The highest BCUT2D eigenvalue weighted by Crippen LogP contribution is 2.31. The molecule has 5 heteroatoms. The van der Waals surface area contributed by atoms with Gasteiger partial charge in [-0.15, -0.1) is 0 Å². The first-order chi connectivity index (χ1) is 13.4. The van der Waals surface area contributed by atoms with Gasteiger partial charge in [0.25, 0.3) is 5.91 Å². The number of nitrogens with one attached hydrogen (secondary N) is 1. The largest absolute Gasteiger partial charge is 0.494 e. The maximum Gasteiger partial charge on any atom is 0.265 e. The van der Waals surface area contributed by atoms with E-state index < -0.39 is 6.10 Å². The van der Waals surface area contributed by atoms with E-state index in [-0.39, 0.29) is 5.91 Å². The number of nitrogens with zero attached hydrogens (tertiary/aromatic N) is 1. The lowest BCUT2D eigenvalue weighted by atomic mass is 10.0. The van der Waals surface area contributed by atoms with Gasteiger partial charge in [0, 0.05) is 11.6 Å². The zero-order chi connectivity index (χ0) is 20.3. The Morgan fingerprint density at radius 2 is 1.86 bits per heavy atom. The lowest BCUT2D eigenvalue weighted by molar-refractivity contribution is -0.122. The highest BCUT2D eigenvalue weighted by atomic mass is 16.5. The van der Waals surface area contributed by atoms with Crippen LogP contribution in [-0.4, -0.2) is 24.1 Å². The highest BCUT2D eigenvalue weighted by Gasteiger charge is 2.19. The molecule has 1 atom stereocenters.